The van der Waals surface area contributed by atoms with Crippen LogP contribution in [0.2, 0.25) is 0 Å². The Morgan fingerprint density at radius 2 is 1.89 bits per heavy atom. The number of likely N-dealkylation sites (N-methyl/N-ethyl adjacent to an activating group) is 1. The van der Waals surface area contributed by atoms with Crippen LogP contribution in [0.4, 0.5) is 4.79 Å². The fourth-order valence-corrected chi connectivity index (χ4v) is 1.46. The SMILES string of the molecule is CCN(C(=O)NCCCC(N)=O)C(C)(C)C(=O)O. The van der Waals surface area contributed by atoms with Gasteiger partial charge >= 0.3 is 12.0 Å². The zero-order valence-corrected chi connectivity index (χ0v) is 11.0. The summed E-state index contributed by atoms with van der Waals surface area (Å²) < 4.78 is 0. The third kappa shape index (κ3) is 4.60. The molecule has 4 N–H and O–H groups in total. The first kappa shape index (κ1) is 16.2. The van der Waals surface area contributed by atoms with E-state index in [1.807, 2.05) is 0 Å². The minimum atomic E-state index is -1.28. The van der Waals surface area contributed by atoms with Gasteiger partial charge in [0.25, 0.3) is 0 Å². The molecule has 0 bridgehead atoms. The molecule has 0 atom stereocenters. The molecule has 7 nitrogen and oxygen atoms in total. The second-order valence-corrected chi connectivity index (χ2v) is 4.41. The van der Waals surface area contributed by atoms with E-state index in [-0.39, 0.29) is 19.5 Å². The molecule has 0 unspecified atom stereocenters. The van der Waals surface area contributed by atoms with Crippen molar-refractivity contribution in [1.29, 1.82) is 0 Å². The Bertz CT molecular complexity index is 328. The number of nitrogens with zero attached hydrogens (tertiary/aromatic N) is 1. The van der Waals surface area contributed by atoms with Crippen molar-refractivity contribution in [1.82, 2.24) is 10.2 Å². The van der Waals surface area contributed by atoms with Gasteiger partial charge in [-0.25, -0.2) is 9.59 Å². The van der Waals surface area contributed by atoms with Gasteiger partial charge in [-0.15, -0.1) is 0 Å². The number of primary amides is 1. The molecule has 0 aliphatic heterocycles. The van der Waals surface area contributed by atoms with Crippen molar-refractivity contribution in [3.8, 4) is 0 Å². The monoisotopic (exact) mass is 259 g/mol. The Morgan fingerprint density at radius 3 is 2.28 bits per heavy atom. The molecule has 7 heteroatoms. The summed E-state index contributed by atoms with van der Waals surface area (Å²) >= 11 is 0. The summed E-state index contributed by atoms with van der Waals surface area (Å²) in [6, 6.07) is -0.464. The predicted molar refractivity (Wildman–Crippen MR) is 65.9 cm³/mol. The van der Waals surface area contributed by atoms with E-state index < -0.39 is 23.4 Å². The Hall–Kier alpha value is -1.79. The average Bonchev–Trinajstić information content (AvgIpc) is 2.24. The molecule has 0 saturated carbocycles. The van der Waals surface area contributed by atoms with E-state index in [1.54, 1.807) is 6.92 Å². The summed E-state index contributed by atoms with van der Waals surface area (Å²) in [5.74, 6) is -1.50. The molecule has 18 heavy (non-hydrogen) atoms. The quantitative estimate of drug-likeness (QED) is 0.564. The van der Waals surface area contributed by atoms with Crippen molar-refractivity contribution < 1.29 is 19.5 Å². The number of urea groups is 1. The van der Waals surface area contributed by atoms with Crippen LogP contribution >= 0.6 is 0 Å². The van der Waals surface area contributed by atoms with Crippen LogP contribution in [0, 0.1) is 0 Å². The van der Waals surface area contributed by atoms with Gasteiger partial charge in [-0.3, -0.25) is 4.79 Å². The highest BCUT2D eigenvalue weighted by Gasteiger charge is 2.36. The highest BCUT2D eigenvalue weighted by molar-refractivity contribution is 5.85. The van der Waals surface area contributed by atoms with Gasteiger partial charge < -0.3 is 21.1 Å². The molecule has 104 valence electrons. The number of carboxylic acid groups (broad SMARTS) is 1. The van der Waals surface area contributed by atoms with Crippen LogP contribution < -0.4 is 11.1 Å². The minimum Gasteiger partial charge on any atom is -0.480 e. The fraction of sp³-hybridized carbons (Fsp3) is 0.727. The molecule has 0 aliphatic rings. The van der Waals surface area contributed by atoms with Gasteiger partial charge in [0, 0.05) is 19.5 Å². The van der Waals surface area contributed by atoms with Crippen molar-refractivity contribution >= 4 is 17.9 Å². The van der Waals surface area contributed by atoms with Crippen LogP contribution in [0.5, 0.6) is 0 Å². The molecule has 0 fully saturated rings. The molecular weight excluding hydrogens is 238 g/mol. The van der Waals surface area contributed by atoms with Gasteiger partial charge in [0.15, 0.2) is 0 Å². The molecular formula is C11H21N3O4. The van der Waals surface area contributed by atoms with E-state index in [4.69, 9.17) is 10.8 Å². The predicted octanol–water partition coefficient (Wildman–Crippen LogP) is 0.147. The number of rotatable bonds is 7. The number of nitrogens with two attached hydrogens (primary N) is 1. The Labute approximate surface area is 106 Å². The second kappa shape index (κ2) is 6.83. The Balaban J connectivity index is 4.37. The normalized spacial score (nSPS) is 10.8. The van der Waals surface area contributed by atoms with E-state index in [0.29, 0.717) is 6.42 Å². The topological polar surface area (TPSA) is 113 Å². The molecule has 0 rings (SSSR count). The maximum absolute atomic E-state index is 11.8. The largest absolute Gasteiger partial charge is 0.480 e. The Morgan fingerprint density at radius 1 is 1.33 bits per heavy atom. The van der Waals surface area contributed by atoms with E-state index in [9.17, 15) is 14.4 Å². The van der Waals surface area contributed by atoms with Gasteiger partial charge in [0.2, 0.25) is 5.91 Å². The van der Waals surface area contributed by atoms with Gasteiger partial charge in [-0.05, 0) is 27.2 Å². The summed E-state index contributed by atoms with van der Waals surface area (Å²) in [6.07, 6.45) is 0.626. The van der Waals surface area contributed by atoms with Gasteiger partial charge in [0.05, 0.1) is 0 Å². The van der Waals surface area contributed by atoms with E-state index in [2.05, 4.69) is 5.32 Å². The average molecular weight is 259 g/mol. The zero-order chi connectivity index (χ0) is 14.3. The Kier molecular flexibility index (Phi) is 6.15. The van der Waals surface area contributed by atoms with Crippen LogP contribution in [0.25, 0.3) is 0 Å². The van der Waals surface area contributed by atoms with Crippen LogP contribution in [0.15, 0.2) is 0 Å². The number of nitrogens with one attached hydrogen (secondary N) is 1. The first-order chi connectivity index (χ1) is 8.23. The van der Waals surface area contributed by atoms with Crippen LogP contribution in [-0.4, -0.2) is 46.5 Å². The summed E-state index contributed by atoms with van der Waals surface area (Å²) in [7, 11) is 0. The first-order valence-corrected chi connectivity index (χ1v) is 5.80. The lowest BCUT2D eigenvalue weighted by Crippen LogP contribution is -2.56. The number of carbonyl (C=O) groups excluding carboxylic acids is 2. The second-order valence-electron chi connectivity index (χ2n) is 4.41. The summed E-state index contributed by atoms with van der Waals surface area (Å²) in [6.45, 7) is 5.19. The maximum Gasteiger partial charge on any atom is 0.329 e. The van der Waals surface area contributed by atoms with Crippen LogP contribution in [0.3, 0.4) is 0 Å². The van der Waals surface area contributed by atoms with Crippen molar-refractivity contribution in [2.75, 3.05) is 13.1 Å². The van der Waals surface area contributed by atoms with E-state index in [0.717, 1.165) is 0 Å². The summed E-state index contributed by atoms with van der Waals surface area (Å²) in [5, 5.41) is 11.6. The van der Waals surface area contributed by atoms with E-state index >= 15 is 0 Å². The smallest absolute Gasteiger partial charge is 0.329 e. The lowest BCUT2D eigenvalue weighted by molar-refractivity contribution is -0.147. The number of aliphatic carboxylic acids is 1. The van der Waals surface area contributed by atoms with Crippen LogP contribution in [-0.2, 0) is 9.59 Å². The molecule has 0 radical (unpaired) electrons. The molecule has 0 spiro atoms. The van der Waals surface area contributed by atoms with E-state index in [1.165, 1.54) is 18.7 Å². The molecule has 0 saturated heterocycles. The van der Waals surface area contributed by atoms with Crippen molar-refractivity contribution in [2.24, 2.45) is 5.73 Å². The highest BCUT2D eigenvalue weighted by Crippen LogP contribution is 2.14. The number of hydrogen-bond acceptors (Lipinski definition) is 3. The fourth-order valence-electron chi connectivity index (χ4n) is 1.46. The molecule has 0 aliphatic carbocycles. The third-order valence-corrected chi connectivity index (χ3v) is 2.64. The zero-order valence-electron chi connectivity index (χ0n) is 11.0. The van der Waals surface area contributed by atoms with Crippen molar-refractivity contribution in [3.05, 3.63) is 0 Å². The number of carbonyl (C=O) groups is 3. The lowest BCUT2D eigenvalue weighted by Gasteiger charge is -2.34. The van der Waals surface area contributed by atoms with Crippen LogP contribution in [0.1, 0.15) is 33.6 Å². The van der Waals surface area contributed by atoms with Crippen molar-refractivity contribution in [3.63, 3.8) is 0 Å². The summed E-state index contributed by atoms with van der Waals surface area (Å²) in [5.41, 5.74) is 3.69. The molecule has 3 amide bonds. The van der Waals surface area contributed by atoms with Gasteiger partial charge in [-0.1, -0.05) is 0 Å². The number of hydrogen-bond donors (Lipinski definition) is 3. The standard InChI is InChI=1S/C11H21N3O4/c1-4-14(11(2,3)9(16)17)10(18)13-7-5-6-8(12)15/h4-7H2,1-3H3,(H2,12,15)(H,13,18)(H,16,17). The molecule has 0 heterocycles. The number of amides is 3. The van der Waals surface area contributed by atoms with Gasteiger partial charge in [0.1, 0.15) is 5.54 Å². The molecule has 0 aromatic rings. The molecule has 0 aromatic heterocycles. The van der Waals surface area contributed by atoms with Crippen molar-refractivity contribution in [2.45, 2.75) is 39.2 Å². The third-order valence-electron chi connectivity index (χ3n) is 2.64. The first-order valence-electron chi connectivity index (χ1n) is 5.80. The summed E-state index contributed by atoms with van der Waals surface area (Å²) in [4.78, 5) is 34.6. The maximum atomic E-state index is 11.8. The number of carboxylic acids is 1. The lowest BCUT2D eigenvalue weighted by atomic mass is 10.0. The van der Waals surface area contributed by atoms with Gasteiger partial charge in [-0.2, -0.15) is 0 Å². The minimum absolute atomic E-state index is 0.189. The highest BCUT2D eigenvalue weighted by atomic mass is 16.4. The molecule has 0 aromatic carbocycles.